The maximum absolute atomic E-state index is 6.20. The van der Waals surface area contributed by atoms with Gasteiger partial charge >= 0.3 is 0 Å². The largest absolute Gasteiger partial charge is 0.381 e. The van der Waals surface area contributed by atoms with E-state index in [1.165, 1.54) is 60.8 Å². The van der Waals surface area contributed by atoms with Gasteiger partial charge in [0.15, 0.2) is 0 Å². The Morgan fingerprint density at radius 2 is 0.787 bits per heavy atom. The van der Waals surface area contributed by atoms with Gasteiger partial charge in [0.2, 0.25) is 0 Å². The van der Waals surface area contributed by atoms with Crippen molar-refractivity contribution >= 4 is 38.9 Å². The summed E-state index contributed by atoms with van der Waals surface area (Å²) in [5.74, 6) is 0. The van der Waals surface area contributed by atoms with Gasteiger partial charge in [-0.1, -0.05) is 141 Å². The molecule has 3 heterocycles. The summed E-state index contributed by atoms with van der Waals surface area (Å²) in [4.78, 5) is 2.35. The molecular weight excluding hydrogens is 989 g/mol. The maximum Gasteiger partial charge on any atom is 0.0717 e. The minimum Gasteiger partial charge on any atom is -0.381 e. The Balaban J connectivity index is 0.727. The van der Waals surface area contributed by atoms with Gasteiger partial charge in [0.1, 0.15) is 0 Å². The molecule has 0 radical (unpaired) electrons. The first kappa shape index (κ1) is 55.0. The lowest BCUT2D eigenvalue weighted by Crippen LogP contribution is -2.45. The van der Waals surface area contributed by atoms with Crippen LogP contribution in [-0.2, 0) is 41.6 Å². The van der Waals surface area contributed by atoms with Crippen molar-refractivity contribution in [2.75, 3.05) is 71.0 Å². The molecule has 1 aromatic heterocycles. The van der Waals surface area contributed by atoms with E-state index in [4.69, 9.17) is 28.4 Å². The number of nitrogens with zero attached hydrogens (tertiary/aromatic N) is 2. The molecule has 0 aliphatic carbocycles. The molecular formula is C72H78N2O6. The summed E-state index contributed by atoms with van der Waals surface area (Å²) < 4.78 is 37.5. The van der Waals surface area contributed by atoms with Gasteiger partial charge < -0.3 is 37.9 Å². The number of benzene rings is 8. The highest BCUT2D eigenvalue weighted by Crippen LogP contribution is 2.39. The second-order valence-corrected chi connectivity index (χ2v) is 22.3. The van der Waals surface area contributed by atoms with Gasteiger partial charge in [-0.15, -0.1) is 0 Å². The average molecular weight is 1070 g/mol. The first-order valence-corrected chi connectivity index (χ1v) is 29.3. The smallest absolute Gasteiger partial charge is 0.0717 e. The lowest BCUT2D eigenvalue weighted by molar-refractivity contribution is -0.150. The first-order chi connectivity index (χ1) is 39.5. The van der Waals surface area contributed by atoms with Crippen molar-refractivity contribution in [3.05, 3.63) is 205 Å². The molecule has 2 saturated heterocycles. The van der Waals surface area contributed by atoms with E-state index >= 15 is 0 Å². The predicted molar refractivity (Wildman–Crippen MR) is 328 cm³/mol. The monoisotopic (exact) mass is 1070 g/mol. The minimum atomic E-state index is 0.254. The summed E-state index contributed by atoms with van der Waals surface area (Å²) >= 11 is 0. The fourth-order valence-corrected chi connectivity index (χ4v) is 11.2. The third-order valence-corrected chi connectivity index (χ3v) is 16.6. The maximum atomic E-state index is 6.20. The zero-order chi connectivity index (χ0) is 54.4. The second kappa shape index (κ2) is 26.6. The lowest BCUT2D eigenvalue weighted by Gasteiger charge is -2.40. The van der Waals surface area contributed by atoms with Crippen LogP contribution in [0.4, 0.5) is 17.1 Å². The van der Waals surface area contributed by atoms with Crippen LogP contribution >= 0.6 is 0 Å². The van der Waals surface area contributed by atoms with Crippen LogP contribution < -0.4 is 4.90 Å². The van der Waals surface area contributed by atoms with Crippen LogP contribution in [0, 0.1) is 10.8 Å². The van der Waals surface area contributed by atoms with E-state index in [1.54, 1.807) is 0 Å². The van der Waals surface area contributed by atoms with Gasteiger partial charge in [-0.3, -0.25) is 0 Å². The number of aromatic nitrogens is 1. The summed E-state index contributed by atoms with van der Waals surface area (Å²) in [6.07, 6.45) is 8.67. The van der Waals surface area contributed by atoms with Crippen LogP contribution in [0.25, 0.3) is 60.9 Å². The standard InChI is InChI=1S/C72H78N2O6/c1-3-71(51-79-52-71)49-77-44-14-6-12-42-75-47-55-20-23-58(24-21-55)60-27-35-64(36-28-60)73(63-33-25-59(26-34-63)57-16-8-5-9-17-57)65-37-29-61(30-38-65)62-31-39-66(40-32-62)74-69-19-11-10-18-67(69)68-46-56(22-41-70(68)74)48-76-43-13-7-15-45-78-50-72(4-2)53-80-54-72/h5,8-11,16-41,46H,3-4,6-7,12-15,42-45,47-54H2,1-2H3. The molecule has 0 atom stereocenters. The van der Waals surface area contributed by atoms with Crippen molar-refractivity contribution in [1.29, 1.82) is 0 Å². The molecule has 0 amide bonds. The lowest BCUT2D eigenvalue weighted by atomic mass is 9.84. The van der Waals surface area contributed by atoms with Crippen LogP contribution in [0.15, 0.2) is 194 Å². The highest BCUT2D eigenvalue weighted by atomic mass is 16.5. The minimum absolute atomic E-state index is 0.254. The Morgan fingerprint density at radius 3 is 1.26 bits per heavy atom. The molecule has 2 aliphatic heterocycles. The number of anilines is 3. The van der Waals surface area contributed by atoms with Gasteiger partial charge in [0.25, 0.3) is 0 Å². The molecule has 8 aromatic carbocycles. The summed E-state index contributed by atoms with van der Waals surface area (Å²) in [5, 5.41) is 2.48. The molecule has 0 unspecified atom stereocenters. The van der Waals surface area contributed by atoms with Crippen molar-refractivity contribution in [1.82, 2.24) is 4.57 Å². The van der Waals surface area contributed by atoms with Crippen LogP contribution in [-0.4, -0.2) is 70.6 Å². The Bertz CT molecular complexity index is 3330. The fraction of sp³-hybridized carbons (Fsp3) is 0.333. The molecule has 0 spiro atoms. The summed E-state index contributed by atoms with van der Waals surface area (Å²) in [5.41, 5.74) is 16.7. The third-order valence-electron chi connectivity index (χ3n) is 16.6. The Kier molecular flexibility index (Phi) is 18.3. The van der Waals surface area contributed by atoms with Crippen LogP contribution in [0.3, 0.4) is 0 Å². The Morgan fingerprint density at radius 1 is 0.388 bits per heavy atom. The van der Waals surface area contributed by atoms with Gasteiger partial charge in [-0.2, -0.15) is 0 Å². The SMILES string of the molecule is CCC1(COCCCCCOCc2ccc(-c3ccc(N(c4ccc(-c5ccccc5)cc4)c4ccc(-c5ccc(-n6c7ccccc7c7cc(COCCCCCOCC8(CC)COC8)ccc76)cc5)cc4)cc3)cc2)COC1. The number of hydrogen-bond donors (Lipinski definition) is 0. The summed E-state index contributed by atoms with van der Waals surface area (Å²) in [7, 11) is 0. The van der Waals surface area contributed by atoms with Crippen molar-refractivity contribution in [2.24, 2.45) is 10.8 Å². The van der Waals surface area contributed by atoms with Gasteiger partial charge in [-0.05, 0) is 163 Å². The third kappa shape index (κ3) is 13.1. The summed E-state index contributed by atoms with van der Waals surface area (Å²) in [6, 6.07) is 70.7. The zero-order valence-electron chi connectivity index (χ0n) is 47.0. The normalized spacial score (nSPS) is 14.5. The molecule has 80 heavy (non-hydrogen) atoms. The molecule has 0 saturated carbocycles. The molecule has 9 aromatic rings. The molecule has 8 heteroatoms. The fourth-order valence-electron chi connectivity index (χ4n) is 11.2. The number of para-hydroxylation sites is 1. The predicted octanol–water partition coefficient (Wildman–Crippen LogP) is 17.5. The van der Waals surface area contributed by atoms with Crippen LogP contribution in [0.1, 0.15) is 76.3 Å². The highest BCUT2D eigenvalue weighted by Gasteiger charge is 2.37. The van der Waals surface area contributed by atoms with Crippen molar-refractivity contribution < 1.29 is 28.4 Å². The number of rotatable bonds is 29. The number of hydrogen-bond acceptors (Lipinski definition) is 7. The molecule has 2 fully saturated rings. The molecule has 0 N–H and O–H groups in total. The molecule has 8 nitrogen and oxygen atoms in total. The van der Waals surface area contributed by atoms with E-state index in [-0.39, 0.29) is 10.8 Å². The van der Waals surface area contributed by atoms with E-state index in [0.29, 0.717) is 13.2 Å². The Labute approximate surface area is 474 Å². The van der Waals surface area contributed by atoms with E-state index in [2.05, 4.69) is 217 Å². The van der Waals surface area contributed by atoms with Gasteiger partial charge in [0, 0.05) is 70.8 Å². The van der Waals surface area contributed by atoms with E-state index in [1.807, 2.05) is 0 Å². The molecule has 2 aliphatic rings. The van der Waals surface area contributed by atoms with E-state index < -0.39 is 0 Å². The highest BCUT2D eigenvalue weighted by molar-refractivity contribution is 6.09. The zero-order valence-corrected chi connectivity index (χ0v) is 47.0. The molecule has 412 valence electrons. The van der Waals surface area contributed by atoms with Crippen LogP contribution in [0.5, 0.6) is 0 Å². The van der Waals surface area contributed by atoms with E-state index in [9.17, 15) is 0 Å². The Hall–Kier alpha value is -6.88. The molecule has 11 rings (SSSR count). The average Bonchev–Trinajstić information content (AvgIpc) is 3.88. The van der Waals surface area contributed by atoms with Crippen molar-refractivity contribution in [3.63, 3.8) is 0 Å². The quantitative estimate of drug-likeness (QED) is 0.0433. The van der Waals surface area contributed by atoms with Gasteiger partial charge in [0.05, 0.1) is 63.9 Å². The van der Waals surface area contributed by atoms with Crippen molar-refractivity contribution in [3.8, 4) is 39.1 Å². The van der Waals surface area contributed by atoms with E-state index in [0.717, 1.165) is 146 Å². The number of ether oxygens (including phenoxy) is 6. The number of unbranched alkanes of at least 4 members (excludes halogenated alkanes) is 4. The number of fused-ring (bicyclic) bond motifs is 3. The second-order valence-electron chi connectivity index (χ2n) is 22.3. The summed E-state index contributed by atoms with van der Waals surface area (Å²) in [6.45, 7) is 13.8. The molecule has 0 bridgehead atoms. The topological polar surface area (TPSA) is 63.6 Å². The van der Waals surface area contributed by atoms with Crippen LogP contribution in [0.2, 0.25) is 0 Å². The first-order valence-electron chi connectivity index (χ1n) is 29.3. The van der Waals surface area contributed by atoms with Crippen molar-refractivity contribution in [2.45, 2.75) is 78.4 Å². The van der Waals surface area contributed by atoms with Gasteiger partial charge in [-0.25, -0.2) is 0 Å².